The number of nitrogens with zero attached hydrogens (tertiary/aromatic N) is 1. The molecule has 3 heteroatoms. The van der Waals surface area contributed by atoms with Crippen LogP contribution in [0, 0.1) is 0 Å². The highest BCUT2D eigenvalue weighted by atomic mass is 79.9. The Morgan fingerprint density at radius 2 is 1.71 bits per heavy atom. The molecular formula is C18H23BrN2. The number of anilines is 2. The molecule has 2 rings (SSSR count). The van der Waals surface area contributed by atoms with Gasteiger partial charge in [-0.25, -0.2) is 0 Å². The van der Waals surface area contributed by atoms with Gasteiger partial charge < -0.3 is 10.2 Å². The molecule has 0 unspecified atom stereocenters. The van der Waals surface area contributed by atoms with Crippen molar-refractivity contribution in [3.63, 3.8) is 0 Å². The van der Waals surface area contributed by atoms with E-state index >= 15 is 0 Å². The van der Waals surface area contributed by atoms with Gasteiger partial charge in [0.15, 0.2) is 0 Å². The number of para-hydroxylation sites is 1. The Bertz CT molecular complexity index is 588. The van der Waals surface area contributed by atoms with Gasteiger partial charge in [-0.3, -0.25) is 0 Å². The molecular weight excluding hydrogens is 324 g/mol. The van der Waals surface area contributed by atoms with Crippen LogP contribution < -0.4 is 10.2 Å². The first-order valence-corrected chi connectivity index (χ1v) is 7.98. The third-order valence-electron chi connectivity index (χ3n) is 3.34. The normalized spacial score (nSPS) is 11.5. The maximum absolute atomic E-state index is 3.70. The molecule has 0 heterocycles. The lowest BCUT2D eigenvalue weighted by Gasteiger charge is -2.23. The minimum atomic E-state index is 0.131. The highest BCUT2D eigenvalue weighted by molar-refractivity contribution is 9.10. The molecule has 21 heavy (non-hydrogen) atoms. The van der Waals surface area contributed by atoms with E-state index in [1.165, 1.54) is 16.9 Å². The summed E-state index contributed by atoms with van der Waals surface area (Å²) in [6, 6.07) is 16.9. The topological polar surface area (TPSA) is 15.3 Å². The molecule has 2 aromatic carbocycles. The first-order valence-electron chi connectivity index (χ1n) is 7.19. The minimum absolute atomic E-state index is 0.131. The number of hydrogen-bond donors (Lipinski definition) is 1. The summed E-state index contributed by atoms with van der Waals surface area (Å²) in [4.78, 5) is 2.19. The minimum Gasteiger partial charge on any atom is -0.344 e. The molecule has 1 N–H and O–H groups in total. The number of hydrogen-bond acceptors (Lipinski definition) is 2. The van der Waals surface area contributed by atoms with Crippen LogP contribution >= 0.6 is 15.9 Å². The molecule has 0 saturated carbocycles. The number of rotatable bonds is 4. The van der Waals surface area contributed by atoms with Crippen molar-refractivity contribution >= 4 is 27.3 Å². The summed E-state index contributed by atoms with van der Waals surface area (Å²) in [5.74, 6) is 0. The lowest BCUT2D eigenvalue weighted by molar-refractivity contribution is 0.424. The smallest absolute Gasteiger partial charge is 0.0552 e. The van der Waals surface area contributed by atoms with Crippen LogP contribution in [0.25, 0.3) is 0 Å². The molecule has 0 atom stereocenters. The summed E-state index contributed by atoms with van der Waals surface area (Å²) in [5, 5.41) is 3.51. The van der Waals surface area contributed by atoms with Gasteiger partial charge in [0.25, 0.3) is 0 Å². The van der Waals surface area contributed by atoms with E-state index in [0.717, 1.165) is 11.0 Å². The second-order valence-corrected chi connectivity index (χ2v) is 7.14. The van der Waals surface area contributed by atoms with Crippen molar-refractivity contribution in [2.75, 3.05) is 11.9 Å². The van der Waals surface area contributed by atoms with E-state index in [9.17, 15) is 0 Å². The summed E-state index contributed by atoms with van der Waals surface area (Å²) in [6.45, 7) is 7.41. The Morgan fingerprint density at radius 1 is 1.05 bits per heavy atom. The zero-order valence-electron chi connectivity index (χ0n) is 13.2. The van der Waals surface area contributed by atoms with Gasteiger partial charge in [0.2, 0.25) is 0 Å². The fraction of sp³-hybridized carbons (Fsp3) is 0.333. The van der Waals surface area contributed by atoms with Crippen molar-refractivity contribution < 1.29 is 0 Å². The van der Waals surface area contributed by atoms with Crippen LogP contribution in [-0.4, -0.2) is 12.6 Å². The van der Waals surface area contributed by atoms with Crippen LogP contribution in [0.3, 0.4) is 0 Å². The van der Waals surface area contributed by atoms with E-state index in [2.05, 4.69) is 96.4 Å². The largest absolute Gasteiger partial charge is 0.344 e. The third kappa shape index (κ3) is 4.58. The number of nitrogens with one attached hydrogen (secondary N) is 1. The van der Waals surface area contributed by atoms with Gasteiger partial charge in [-0.1, -0.05) is 24.3 Å². The third-order valence-corrected chi connectivity index (χ3v) is 3.97. The molecule has 0 saturated heterocycles. The van der Waals surface area contributed by atoms with E-state index in [1.807, 2.05) is 6.07 Å². The molecule has 0 aromatic heterocycles. The average molecular weight is 347 g/mol. The fourth-order valence-corrected chi connectivity index (χ4v) is 2.78. The summed E-state index contributed by atoms with van der Waals surface area (Å²) >= 11 is 3.70. The first-order chi connectivity index (χ1) is 9.87. The molecule has 2 nitrogen and oxygen atoms in total. The average Bonchev–Trinajstić information content (AvgIpc) is 2.45. The van der Waals surface area contributed by atoms with E-state index in [1.54, 1.807) is 0 Å². The SMILES string of the molecule is CN(c1ccccc1)c1ccc(CNC(C)(C)C)cc1Br. The summed E-state index contributed by atoms with van der Waals surface area (Å²) in [7, 11) is 2.09. The van der Waals surface area contributed by atoms with Crippen LogP contribution in [0.2, 0.25) is 0 Å². The highest BCUT2D eigenvalue weighted by Gasteiger charge is 2.11. The quantitative estimate of drug-likeness (QED) is 0.827. The van der Waals surface area contributed by atoms with Gasteiger partial charge in [0.1, 0.15) is 0 Å². The maximum atomic E-state index is 3.70. The molecule has 0 aliphatic carbocycles. The maximum Gasteiger partial charge on any atom is 0.0552 e. The second kappa shape index (κ2) is 6.63. The van der Waals surface area contributed by atoms with Crippen molar-refractivity contribution in [2.45, 2.75) is 32.9 Å². The van der Waals surface area contributed by atoms with Crippen LogP contribution in [0.5, 0.6) is 0 Å². The first kappa shape index (κ1) is 16.1. The molecule has 0 radical (unpaired) electrons. The van der Waals surface area contributed by atoms with Gasteiger partial charge in [-0.05, 0) is 66.5 Å². The van der Waals surface area contributed by atoms with E-state index in [4.69, 9.17) is 0 Å². The van der Waals surface area contributed by atoms with E-state index in [0.29, 0.717) is 0 Å². The van der Waals surface area contributed by atoms with E-state index < -0.39 is 0 Å². The molecule has 0 spiro atoms. The van der Waals surface area contributed by atoms with Gasteiger partial charge >= 0.3 is 0 Å². The van der Waals surface area contributed by atoms with Gasteiger partial charge in [-0.15, -0.1) is 0 Å². The van der Waals surface area contributed by atoms with Crippen molar-refractivity contribution in [1.29, 1.82) is 0 Å². The lowest BCUT2D eigenvalue weighted by atomic mass is 10.1. The monoisotopic (exact) mass is 346 g/mol. The number of benzene rings is 2. The van der Waals surface area contributed by atoms with Gasteiger partial charge in [-0.2, -0.15) is 0 Å². The van der Waals surface area contributed by atoms with Gasteiger partial charge in [0.05, 0.1) is 5.69 Å². The second-order valence-electron chi connectivity index (χ2n) is 6.28. The van der Waals surface area contributed by atoms with Crippen LogP contribution in [0.1, 0.15) is 26.3 Å². The molecule has 112 valence electrons. The van der Waals surface area contributed by atoms with Gasteiger partial charge in [0, 0.05) is 29.3 Å². The summed E-state index contributed by atoms with van der Waals surface area (Å²) < 4.78 is 1.11. The van der Waals surface area contributed by atoms with Crippen LogP contribution in [0.4, 0.5) is 11.4 Å². The molecule has 0 amide bonds. The molecule has 0 aliphatic heterocycles. The zero-order chi connectivity index (χ0) is 15.5. The predicted molar refractivity (Wildman–Crippen MR) is 95.2 cm³/mol. The molecule has 0 fully saturated rings. The highest BCUT2D eigenvalue weighted by Crippen LogP contribution is 2.31. The lowest BCUT2D eigenvalue weighted by Crippen LogP contribution is -2.35. The Morgan fingerprint density at radius 3 is 2.29 bits per heavy atom. The van der Waals surface area contributed by atoms with Crippen LogP contribution in [0.15, 0.2) is 53.0 Å². The summed E-state index contributed by atoms with van der Waals surface area (Å²) in [5.41, 5.74) is 3.76. The van der Waals surface area contributed by atoms with Crippen LogP contribution in [-0.2, 0) is 6.54 Å². The van der Waals surface area contributed by atoms with E-state index in [-0.39, 0.29) is 5.54 Å². The molecule has 0 aliphatic rings. The number of halogens is 1. The predicted octanol–water partition coefficient (Wildman–Crippen LogP) is 5.11. The van der Waals surface area contributed by atoms with Crippen molar-refractivity contribution in [3.8, 4) is 0 Å². The van der Waals surface area contributed by atoms with Crippen molar-refractivity contribution in [1.82, 2.24) is 5.32 Å². The summed E-state index contributed by atoms with van der Waals surface area (Å²) in [6.07, 6.45) is 0. The molecule has 2 aromatic rings. The Hall–Kier alpha value is -1.32. The standard InChI is InChI=1S/C18H23BrN2/c1-18(2,3)20-13-14-10-11-17(16(19)12-14)21(4)15-8-6-5-7-9-15/h5-12,20H,13H2,1-4H3. The Balaban J connectivity index is 2.16. The Labute approximate surface area is 136 Å². The zero-order valence-corrected chi connectivity index (χ0v) is 14.7. The van der Waals surface area contributed by atoms with Crippen molar-refractivity contribution in [2.24, 2.45) is 0 Å². The fourth-order valence-electron chi connectivity index (χ4n) is 2.09. The Kier molecular flexibility index (Phi) is 5.07. The molecule has 0 bridgehead atoms. The van der Waals surface area contributed by atoms with Crippen molar-refractivity contribution in [3.05, 3.63) is 58.6 Å².